The normalized spacial score (nSPS) is 19.3. The molecule has 3 aromatic rings. The van der Waals surface area contributed by atoms with Crippen LogP contribution in [0.15, 0.2) is 40.8 Å². The van der Waals surface area contributed by atoms with E-state index in [-0.39, 0.29) is 30.9 Å². The van der Waals surface area contributed by atoms with Gasteiger partial charge in [0.15, 0.2) is 21.4 Å². The van der Waals surface area contributed by atoms with Crippen LogP contribution >= 0.6 is 0 Å². The lowest BCUT2D eigenvalue weighted by Gasteiger charge is -2.32. The molecule has 0 amide bonds. The van der Waals surface area contributed by atoms with Crippen LogP contribution in [0.3, 0.4) is 0 Å². The Morgan fingerprint density at radius 3 is 2.60 bits per heavy atom. The number of benzene rings is 1. The van der Waals surface area contributed by atoms with Gasteiger partial charge in [-0.2, -0.15) is 0 Å². The molecule has 1 fully saturated rings. The number of hydrogen-bond acceptors (Lipinski definition) is 5. The zero-order valence-corrected chi connectivity index (χ0v) is 14.8. The molecule has 0 bridgehead atoms. The summed E-state index contributed by atoms with van der Waals surface area (Å²) in [6.07, 6.45) is 0.469. The molecule has 0 atom stereocenters. The van der Waals surface area contributed by atoms with Crippen LogP contribution in [0.4, 0.5) is 0 Å². The summed E-state index contributed by atoms with van der Waals surface area (Å²) < 4.78 is 31.1. The third kappa shape index (κ3) is 3.09. The highest BCUT2D eigenvalue weighted by atomic mass is 32.2. The molecule has 1 aromatic carbocycles. The van der Waals surface area contributed by atoms with Crippen molar-refractivity contribution in [3.8, 4) is 11.6 Å². The Hall–Kier alpha value is -2.12. The molecule has 0 aliphatic carbocycles. The minimum absolute atomic E-state index is 0.0192. The molecular formula is C18H20N2O4S. The van der Waals surface area contributed by atoms with E-state index in [0.29, 0.717) is 11.6 Å². The van der Waals surface area contributed by atoms with Gasteiger partial charge in [-0.05, 0) is 44.0 Å². The van der Waals surface area contributed by atoms with E-state index < -0.39 is 15.4 Å². The van der Waals surface area contributed by atoms with E-state index in [2.05, 4.69) is 4.98 Å². The van der Waals surface area contributed by atoms with E-state index >= 15 is 0 Å². The summed E-state index contributed by atoms with van der Waals surface area (Å²) >= 11 is 0. The third-order valence-electron chi connectivity index (χ3n) is 4.82. The summed E-state index contributed by atoms with van der Waals surface area (Å²) in [5.41, 5.74) is 0.651. The number of aromatic nitrogens is 2. The molecule has 1 aliphatic heterocycles. The van der Waals surface area contributed by atoms with Gasteiger partial charge in [0.1, 0.15) is 5.76 Å². The van der Waals surface area contributed by atoms with Crippen LogP contribution in [-0.4, -0.2) is 40.2 Å². The first kappa shape index (κ1) is 16.4. The number of imidazole rings is 1. The molecule has 6 nitrogen and oxygen atoms in total. The fraction of sp³-hybridized carbons (Fsp3) is 0.389. The molecule has 2 aromatic heterocycles. The van der Waals surface area contributed by atoms with Crippen molar-refractivity contribution in [2.75, 3.05) is 11.5 Å². The summed E-state index contributed by atoms with van der Waals surface area (Å²) in [4.78, 5) is 4.66. The second-order valence-electron chi connectivity index (χ2n) is 6.80. The van der Waals surface area contributed by atoms with Gasteiger partial charge in [-0.3, -0.25) is 0 Å². The Morgan fingerprint density at radius 2 is 1.92 bits per heavy atom. The number of sulfone groups is 1. The first-order chi connectivity index (χ1) is 11.9. The number of rotatable bonds is 3. The lowest BCUT2D eigenvalue weighted by Crippen LogP contribution is -2.42. The lowest BCUT2D eigenvalue weighted by atomic mass is 9.96. The van der Waals surface area contributed by atoms with E-state index in [0.717, 1.165) is 16.8 Å². The van der Waals surface area contributed by atoms with Gasteiger partial charge in [0, 0.05) is 0 Å². The van der Waals surface area contributed by atoms with Crippen molar-refractivity contribution in [2.24, 2.45) is 0 Å². The predicted molar refractivity (Wildman–Crippen MR) is 95.0 cm³/mol. The number of fused-ring (bicyclic) bond motifs is 1. The highest BCUT2D eigenvalue weighted by molar-refractivity contribution is 7.91. The molecule has 1 N–H and O–H groups in total. The number of aliphatic hydroxyl groups is 1. The molecule has 0 unspecified atom stereocenters. The van der Waals surface area contributed by atoms with E-state index in [1.165, 1.54) is 0 Å². The van der Waals surface area contributed by atoms with Gasteiger partial charge in [-0.15, -0.1) is 0 Å². The first-order valence-electron chi connectivity index (χ1n) is 8.30. The summed E-state index contributed by atoms with van der Waals surface area (Å²) in [5, 5.41) is 11.0. The molecule has 0 saturated carbocycles. The molecule has 0 radical (unpaired) electrons. The molecule has 7 heteroatoms. The fourth-order valence-electron chi connectivity index (χ4n) is 3.35. The Kier molecular flexibility index (Phi) is 3.73. The van der Waals surface area contributed by atoms with Crippen molar-refractivity contribution in [1.82, 2.24) is 9.55 Å². The minimum Gasteiger partial charge on any atom is -0.458 e. The Morgan fingerprint density at radius 1 is 1.20 bits per heavy atom. The summed E-state index contributed by atoms with van der Waals surface area (Å²) in [5.74, 6) is 2.12. The average Bonchev–Trinajstić information content (AvgIpc) is 3.15. The smallest absolute Gasteiger partial charge is 0.177 e. The zero-order chi connectivity index (χ0) is 17.7. The Labute approximate surface area is 146 Å². The summed E-state index contributed by atoms with van der Waals surface area (Å²) in [6.45, 7) is 2.16. The maximum atomic E-state index is 11.7. The van der Waals surface area contributed by atoms with Crippen LogP contribution in [0, 0.1) is 6.92 Å². The standard InChI is InChI=1S/C18H20N2O4S/c1-13-6-7-16(24-13)17-19-14-4-2-3-5-15(14)20(17)12-18(21)8-10-25(22,23)11-9-18/h2-7,21H,8-12H2,1H3. The molecule has 25 heavy (non-hydrogen) atoms. The molecule has 1 aliphatic rings. The molecule has 1 saturated heterocycles. The minimum atomic E-state index is -3.04. The van der Waals surface area contributed by atoms with Gasteiger partial charge in [0.05, 0.1) is 34.7 Å². The van der Waals surface area contributed by atoms with E-state index in [1.807, 2.05) is 47.9 Å². The van der Waals surface area contributed by atoms with Crippen molar-refractivity contribution in [1.29, 1.82) is 0 Å². The number of para-hydroxylation sites is 2. The third-order valence-corrected chi connectivity index (χ3v) is 6.48. The van der Waals surface area contributed by atoms with Crippen LogP contribution in [0.25, 0.3) is 22.6 Å². The fourth-order valence-corrected chi connectivity index (χ4v) is 4.93. The van der Waals surface area contributed by atoms with Gasteiger partial charge >= 0.3 is 0 Å². The maximum absolute atomic E-state index is 11.7. The number of nitrogens with zero attached hydrogens (tertiary/aromatic N) is 2. The molecular weight excluding hydrogens is 340 g/mol. The topological polar surface area (TPSA) is 85.3 Å². The van der Waals surface area contributed by atoms with Gasteiger partial charge < -0.3 is 14.1 Å². The summed E-state index contributed by atoms with van der Waals surface area (Å²) in [7, 11) is -3.04. The largest absolute Gasteiger partial charge is 0.458 e. The van der Waals surface area contributed by atoms with Crippen LogP contribution in [0.1, 0.15) is 18.6 Å². The van der Waals surface area contributed by atoms with Crippen LogP contribution in [0.2, 0.25) is 0 Å². The van der Waals surface area contributed by atoms with Gasteiger partial charge in [0.25, 0.3) is 0 Å². The van der Waals surface area contributed by atoms with Crippen molar-refractivity contribution >= 4 is 20.9 Å². The number of furan rings is 1. The lowest BCUT2D eigenvalue weighted by molar-refractivity contribution is 0.0146. The molecule has 132 valence electrons. The molecule has 3 heterocycles. The Bertz CT molecular complexity index is 1020. The number of hydrogen-bond donors (Lipinski definition) is 1. The van der Waals surface area contributed by atoms with Crippen molar-refractivity contribution in [3.63, 3.8) is 0 Å². The van der Waals surface area contributed by atoms with E-state index in [9.17, 15) is 13.5 Å². The first-order valence-corrected chi connectivity index (χ1v) is 10.1. The molecule has 0 spiro atoms. The van der Waals surface area contributed by atoms with Crippen LogP contribution in [0.5, 0.6) is 0 Å². The predicted octanol–water partition coefficient (Wildman–Crippen LogP) is 2.54. The van der Waals surface area contributed by atoms with E-state index in [4.69, 9.17) is 4.42 Å². The van der Waals surface area contributed by atoms with Crippen LogP contribution in [-0.2, 0) is 16.4 Å². The highest BCUT2D eigenvalue weighted by Crippen LogP contribution is 2.31. The zero-order valence-electron chi connectivity index (χ0n) is 14.0. The average molecular weight is 360 g/mol. The van der Waals surface area contributed by atoms with Gasteiger partial charge in [-0.25, -0.2) is 13.4 Å². The second-order valence-corrected chi connectivity index (χ2v) is 9.10. The molecule has 4 rings (SSSR count). The SMILES string of the molecule is Cc1ccc(-c2nc3ccccc3n2CC2(O)CCS(=O)(=O)CC2)o1. The maximum Gasteiger partial charge on any atom is 0.177 e. The number of aryl methyl sites for hydroxylation is 1. The second kappa shape index (κ2) is 5.71. The van der Waals surface area contributed by atoms with Crippen molar-refractivity contribution < 1.29 is 17.9 Å². The quantitative estimate of drug-likeness (QED) is 0.776. The Balaban J connectivity index is 1.78. The van der Waals surface area contributed by atoms with Gasteiger partial charge in [-0.1, -0.05) is 12.1 Å². The van der Waals surface area contributed by atoms with Crippen LogP contribution < -0.4 is 0 Å². The monoisotopic (exact) mass is 360 g/mol. The summed E-state index contributed by atoms with van der Waals surface area (Å²) in [6, 6.07) is 11.4. The highest BCUT2D eigenvalue weighted by Gasteiger charge is 2.36. The van der Waals surface area contributed by atoms with E-state index in [1.54, 1.807) is 0 Å². The van der Waals surface area contributed by atoms with Gasteiger partial charge in [0.2, 0.25) is 0 Å². The van der Waals surface area contributed by atoms with Crippen molar-refractivity contribution in [2.45, 2.75) is 31.9 Å². The van der Waals surface area contributed by atoms with Crippen molar-refractivity contribution in [3.05, 3.63) is 42.2 Å².